The van der Waals surface area contributed by atoms with Crippen molar-refractivity contribution in [2.75, 3.05) is 31.5 Å². The van der Waals surface area contributed by atoms with E-state index in [2.05, 4.69) is 46.6 Å². The van der Waals surface area contributed by atoms with E-state index < -0.39 is 0 Å². The van der Waals surface area contributed by atoms with E-state index in [1.807, 2.05) is 18.2 Å². The summed E-state index contributed by atoms with van der Waals surface area (Å²) in [4.78, 5) is 2.53. The highest BCUT2D eigenvalue weighted by Gasteiger charge is 2.41. The molecule has 1 N–H and O–H groups in total. The monoisotopic (exact) mass is 372 g/mol. The van der Waals surface area contributed by atoms with Gasteiger partial charge in [-0.05, 0) is 67.4 Å². The van der Waals surface area contributed by atoms with Crippen LogP contribution in [-0.4, -0.2) is 31.1 Å². The van der Waals surface area contributed by atoms with Gasteiger partial charge in [0.1, 0.15) is 0 Å². The average Bonchev–Trinajstić information content (AvgIpc) is 2.96. The molecule has 2 aromatic rings. The summed E-state index contributed by atoms with van der Waals surface area (Å²) in [5.41, 5.74) is 4.13. The van der Waals surface area contributed by atoms with E-state index in [-0.39, 0.29) is 5.41 Å². The van der Waals surface area contributed by atoms with Gasteiger partial charge >= 0.3 is 0 Å². The van der Waals surface area contributed by atoms with Gasteiger partial charge in [-0.1, -0.05) is 47.5 Å². The summed E-state index contributed by atoms with van der Waals surface area (Å²) in [6.07, 6.45) is 6.79. The zero-order valence-corrected chi connectivity index (χ0v) is 15.7. The lowest BCUT2D eigenvalue weighted by Gasteiger charge is -2.39. The van der Waals surface area contributed by atoms with Crippen LogP contribution < -0.4 is 5.32 Å². The lowest BCUT2D eigenvalue weighted by molar-refractivity contribution is 0.184. The molecule has 2 aromatic carbocycles. The van der Waals surface area contributed by atoms with Crippen molar-refractivity contribution >= 4 is 35.0 Å². The Bertz CT molecular complexity index is 775. The molecular formula is C21H22Cl2N2. The molecule has 0 atom stereocenters. The normalized spacial score (nSPS) is 19.3. The number of hydrogen-bond donors (Lipinski definition) is 1. The largest absolute Gasteiger partial charge is 0.384 e. The molecule has 0 unspecified atom stereocenters. The first kappa shape index (κ1) is 17.0. The molecule has 0 aromatic heterocycles. The van der Waals surface area contributed by atoms with Crippen molar-refractivity contribution in [3.8, 4) is 0 Å². The van der Waals surface area contributed by atoms with Gasteiger partial charge in [0.25, 0.3) is 0 Å². The maximum absolute atomic E-state index is 6.24. The number of nitrogens with zero attached hydrogens (tertiary/aromatic N) is 1. The minimum absolute atomic E-state index is 0.261. The van der Waals surface area contributed by atoms with E-state index in [0.717, 1.165) is 36.2 Å². The molecule has 4 rings (SSSR count). The van der Waals surface area contributed by atoms with Crippen LogP contribution in [0.15, 0.2) is 48.5 Å². The van der Waals surface area contributed by atoms with Crippen molar-refractivity contribution in [1.29, 1.82) is 0 Å². The molecule has 0 bridgehead atoms. The summed E-state index contributed by atoms with van der Waals surface area (Å²) in [5, 5.41) is 5.19. The van der Waals surface area contributed by atoms with Crippen molar-refractivity contribution in [3.63, 3.8) is 0 Å². The highest BCUT2D eigenvalue weighted by molar-refractivity contribution is 6.31. The second kappa shape index (κ2) is 7.03. The van der Waals surface area contributed by atoms with Gasteiger partial charge in [-0.15, -0.1) is 0 Å². The molecule has 0 amide bonds. The lowest BCUT2D eigenvalue weighted by atomic mass is 9.74. The van der Waals surface area contributed by atoms with Gasteiger partial charge in [0.15, 0.2) is 0 Å². The van der Waals surface area contributed by atoms with E-state index in [1.165, 1.54) is 29.7 Å². The number of benzene rings is 2. The van der Waals surface area contributed by atoms with Crippen LogP contribution in [0.25, 0.3) is 6.08 Å². The number of nitrogens with one attached hydrogen (secondary N) is 1. The van der Waals surface area contributed by atoms with Gasteiger partial charge in [-0.3, -0.25) is 4.90 Å². The Hall–Kier alpha value is -1.48. The third kappa shape index (κ3) is 3.57. The number of hydrogen-bond acceptors (Lipinski definition) is 2. The Morgan fingerprint density at radius 3 is 2.48 bits per heavy atom. The van der Waals surface area contributed by atoms with Crippen LogP contribution in [0.2, 0.25) is 10.0 Å². The van der Waals surface area contributed by atoms with Crippen LogP contribution in [-0.2, 0) is 5.41 Å². The zero-order chi connectivity index (χ0) is 17.3. The molecule has 130 valence electrons. The van der Waals surface area contributed by atoms with E-state index in [0.29, 0.717) is 0 Å². The highest BCUT2D eigenvalue weighted by Crippen LogP contribution is 2.44. The third-order valence-corrected chi connectivity index (χ3v) is 6.01. The maximum atomic E-state index is 6.24. The van der Waals surface area contributed by atoms with Gasteiger partial charge in [0.2, 0.25) is 0 Å². The van der Waals surface area contributed by atoms with E-state index in [9.17, 15) is 0 Å². The quantitative estimate of drug-likeness (QED) is 0.768. The molecule has 0 radical (unpaired) electrons. The van der Waals surface area contributed by atoms with Crippen LogP contribution in [0.5, 0.6) is 0 Å². The Kier molecular flexibility index (Phi) is 4.77. The number of fused-ring (bicyclic) bond motifs is 2. The molecule has 2 aliphatic rings. The summed E-state index contributed by atoms with van der Waals surface area (Å²) < 4.78 is 0. The first-order chi connectivity index (χ1) is 12.1. The predicted molar refractivity (Wildman–Crippen MR) is 108 cm³/mol. The Morgan fingerprint density at radius 1 is 1.00 bits per heavy atom. The third-order valence-electron chi connectivity index (χ3n) is 5.53. The molecule has 2 nitrogen and oxygen atoms in total. The fourth-order valence-electron chi connectivity index (χ4n) is 3.99. The SMILES string of the molecule is Clc1ccc(/C=C/CN2CCC3(CC2)CNc2ccc(Cl)cc23)cc1. The van der Waals surface area contributed by atoms with Crippen molar-refractivity contribution in [2.24, 2.45) is 0 Å². The van der Waals surface area contributed by atoms with E-state index in [4.69, 9.17) is 23.2 Å². The Balaban J connectivity index is 1.36. The molecule has 1 fully saturated rings. The first-order valence-corrected chi connectivity index (χ1v) is 9.59. The smallest absolute Gasteiger partial charge is 0.0410 e. The van der Waals surface area contributed by atoms with Crippen LogP contribution >= 0.6 is 23.2 Å². The summed E-state index contributed by atoms with van der Waals surface area (Å²) >= 11 is 12.2. The summed E-state index contributed by atoms with van der Waals surface area (Å²) in [7, 11) is 0. The first-order valence-electron chi connectivity index (χ1n) is 8.83. The second-order valence-corrected chi connectivity index (χ2v) is 7.95. The number of anilines is 1. The standard InChI is InChI=1S/C21H22Cl2N2/c22-17-5-3-16(4-6-17)2-1-11-25-12-9-21(10-13-25)15-24-20-8-7-18(23)14-19(20)21/h1-8,14,24H,9-13,15H2/b2-1+. The van der Waals surface area contributed by atoms with Gasteiger partial charge in [0, 0.05) is 34.2 Å². The number of piperidine rings is 1. The van der Waals surface area contributed by atoms with Gasteiger partial charge in [-0.25, -0.2) is 0 Å². The van der Waals surface area contributed by atoms with Crippen molar-refractivity contribution in [2.45, 2.75) is 18.3 Å². The van der Waals surface area contributed by atoms with Crippen LogP contribution in [0.4, 0.5) is 5.69 Å². The topological polar surface area (TPSA) is 15.3 Å². The Labute approximate surface area is 159 Å². The minimum atomic E-state index is 0.261. The summed E-state index contributed by atoms with van der Waals surface area (Å²) in [6, 6.07) is 14.2. The van der Waals surface area contributed by atoms with Crippen LogP contribution in [0.3, 0.4) is 0 Å². The molecule has 4 heteroatoms. The van der Waals surface area contributed by atoms with Crippen molar-refractivity contribution < 1.29 is 0 Å². The number of halogens is 2. The van der Waals surface area contributed by atoms with Crippen molar-refractivity contribution in [3.05, 3.63) is 69.7 Å². The highest BCUT2D eigenvalue weighted by atomic mass is 35.5. The number of rotatable bonds is 3. The molecule has 1 saturated heterocycles. The van der Waals surface area contributed by atoms with Crippen LogP contribution in [0, 0.1) is 0 Å². The van der Waals surface area contributed by atoms with Crippen LogP contribution in [0.1, 0.15) is 24.0 Å². The second-order valence-electron chi connectivity index (χ2n) is 7.08. The fourth-order valence-corrected chi connectivity index (χ4v) is 4.29. The average molecular weight is 373 g/mol. The molecule has 2 heterocycles. The molecule has 1 spiro atoms. The Morgan fingerprint density at radius 2 is 1.72 bits per heavy atom. The van der Waals surface area contributed by atoms with Gasteiger partial charge in [-0.2, -0.15) is 0 Å². The molecule has 0 aliphatic carbocycles. The van der Waals surface area contributed by atoms with Gasteiger partial charge in [0.05, 0.1) is 0 Å². The van der Waals surface area contributed by atoms with E-state index in [1.54, 1.807) is 0 Å². The molecule has 2 aliphatic heterocycles. The van der Waals surface area contributed by atoms with Gasteiger partial charge < -0.3 is 5.32 Å². The zero-order valence-electron chi connectivity index (χ0n) is 14.1. The molecule has 25 heavy (non-hydrogen) atoms. The molecule has 0 saturated carbocycles. The minimum Gasteiger partial charge on any atom is -0.384 e. The summed E-state index contributed by atoms with van der Waals surface area (Å²) in [5.74, 6) is 0. The maximum Gasteiger partial charge on any atom is 0.0410 e. The fraction of sp³-hybridized carbons (Fsp3) is 0.333. The molecular weight excluding hydrogens is 351 g/mol. The summed E-state index contributed by atoms with van der Waals surface area (Å²) in [6.45, 7) is 4.28. The van der Waals surface area contributed by atoms with Crippen molar-refractivity contribution in [1.82, 2.24) is 4.90 Å². The lowest BCUT2D eigenvalue weighted by Crippen LogP contribution is -2.43. The van der Waals surface area contributed by atoms with E-state index >= 15 is 0 Å². The number of likely N-dealkylation sites (tertiary alicyclic amines) is 1. The predicted octanol–water partition coefficient (Wildman–Crippen LogP) is 5.47.